The fraction of sp³-hybridized carbons (Fsp3) is 0.0455. The molecule has 0 amide bonds. The fourth-order valence-electron chi connectivity index (χ4n) is 2.72. The van der Waals surface area contributed by atoms with Gasteiger partial charge in [0.05, 0.1) is 26.6 Å². The van der Waals surface area contributed by atoms with Crippen molar-refractivity contribution in [3.8, 4) is 11.8 Å². The number of non-ortho nitro benzene ring substituents is 1. The van der Waals surface area contributed by atoms with Crippen molar-refractivity contribution in [3.63, 3.8) is 0 Å². The van der Waals surface area contributed by atoms with E-state index in [1.807, 2.05) is 6.07 Å². The summed E-state index contributed by atoms with van der Waals surface area (Å²) in [6.45, 7) is 0.0308. The van der Waals surface area contributed by atoms with Crippen LogP contribution in [0.1, 0.15) is 16.7 Å². The summed E-state index contributed by atoms with van der Waals surface area (Å²) >= 11 is 12.6. The van der Waals surface area contributed by atoms with Gasteiger partial charge in [0, 0.05) is 12.1 Å². The van der Waals surface area contributed by atoms with Gasteiger partial charge in [-0.2, -0.15) is 5.26 Å². The zero-order valence-corrected chi connectivity index (χ0v) is 16.8. The molecule has 0 radical (unpaired) electrons. The van der Waals surface area contributed by atoms with Crippen molar-refractivity contribution < 1.29 is 14.1 Å². The van der Waals surface area contributed by atoms with E-state index < -0.39 is 10.7 Å². The normalized spacial score (nSPS) is 11.1. The van der Waals surface area contributed by atoms with Crippen molar-refractivity contribution in [2.75, 3.05) is 0 Å². The van der Waals surface area contributed by atoms with Gasteiger partial charge in [0.1, 0.15) is 12.4 Å². The molecule has 0 saturated carbocycles. The maximum atomic E-state index is 13.4. The molecule has 0 aliphatic rings. The summed E-state index contributed by atoms with van der Waals surface area (Å²) in [4.78, 5) is 10.4. The molecule has 3 aromatic carbocycles. The minimum atomic E-state index is -0.490. The SMILES string of the molecule is N#C/C(=C/c1cc(Cl)c(OCc2cccc([N+](=O)[O-])c2)c(Cl)c1)c1cccc(F)c1. The molecule has 0 fully saturated rings. The summed E-state index contributed by atoms with van der Waals surface area (Å²) in [6, 6.07) is 16.9. The lowest BCUT2D eigenvalue weighted by Crippen LogP contribution is -1.98. The highest BCUT2D eigenvalue weighted by Gasteiger charge is 2.12. The van der Waals surface area contributed by atoms with Gasteiger partial charge in [-0.25, -0.2) is 4.39 Å². The quantitative estimate of drug-likeness (QED) is 0.184. The Hall–Kier alpha value is -3.40. The molecule has 30 heavy (non-hydrogen) atoms. The van der Waals surface area contributed by atoms with Gasteiger partial charge in [-0.1, -0.05) is 47.5 Å². The Bertz CT molecular complexity index is 1170. The van der Waals surface area contributed by atoms with Crippen LogP contribution < -0.4 is 4.74 Å². The van der Waals surface area contributed by atoms with Crippen LogP contribution in [0.2, 0.25) is 10.0 Å². The van der Waals surface area contributed by atoms with Crippen LogP contribution in [-0.4, -0.2) is 4.92 Å². The first-order valence-electron chi connectivity index (χ1n) is 8.60. The minimum Gasteiger partial charge on any atom is -0.486 e. The third-order valence-corrected chi connectivity index (χ3v) is 4.65. The van der Waals surface area contributed by atoms with Crippen molar-refractivity contribution in [2.45, 2.75) is 6.61 Å². The molecule has 0 saturated heterocycles. The van der Waals surface area contributed by atoms with Crippen molar-refractivity contribution in [1.82, 2.24) is 0 Å². The molecule has 5 nitrogen and oxygen atoms in total. The lowest BCUT2D eigenvalue weighted by atomic mass is 10.0. The van der Waals surface area contributed by atoms with E-state index in [9.17, 15) is 19.8 Å². The lowest BCUT2D eigenvalue weighted by molar-refractivity contribution is -0.384. The van der Waals surface area contributed by atoms with E-state index in [0.29, 0.717) is 16.7 Å². The standard InChI is InChI=1S/C22H13Cl2FN2O3/c23-20-9-15(7-17(12-26)16-4-2-5-18(25)11-16)10-21(24)22(20)30-13-14-3-1-6-19(8-14)27(28)29/h1-11H,13H2/b17-7-. The summed E-state index contributed by atoms with van der Waals surface area (Å²) in [5.74, 6) is -0.235. The number of nitrogens with zero attached hydrogens (tertiary/aromatic N) is 2. The van der Waals surface area contributed by atoms with Gasteiger partial charge < -0.3 is 4.74 Å². The Morgan fingerprint density at radius 3 is 2.47 bits per heavy atom. The summed E-state index contributed by atoms with van der Waals surface area (Å²) in [5, 5.41) is 20.7. The number of ether oxygens (including phenoxy) is 1. The highest BCUT2D eigenvalue weighted by atomic mass is 35.5. The van der Waals surface area contributed by atoms with Crippen LogP contribution in [0.5, 0.6) is 5.75 Å². The van der Waals surface area contributed by atoms with E-state index >= 15 is 0 Å². The largest absolute Gasteiger partial charge is 0.486 e. The molecule has 0 atom stereocenters. The van der Waals surface area contributed by atoms with Gasteiger partial charge in [-0.05, 0) is 47.0 Å². The Kier molecular flexibility index (Phi) is 6.68. The zero-order valence-electron chi connectivity index (χ0n) is 15.3. The molecule has 3 aromatic rings. The lowest BCUT2D eigenvalue weighted by Gasteiger charge is -2.11. The van der Waals surface area contributed by atoms with Gasteiger partial charge in [0.25, 0.3) is 5.69 Å². The third kappa shape index (κ3) is 5.15. The zero-order chi connectivity index (χ0) is 21.7. The van der Waals surface area contributed by atoms with E-state index in [1.54, 1.807) is 30.3 Å². The number of nitro benzene ring substituents is 1. The minimum absolute atomic E-state index is 0.0308. The molecular weight excluding hydrogens is 430 g/mol. The maximum Gasteiger partial charge on any atom is 0.269 e. The first kappa shape index (κ1) is 21.3. The Morgan fingerprint density at radius 1 is 1.13 bits per heavy atom. The van der Waals surface area contributed by atoms with Crippen molar-refractivity contribution in [2.24, 2.45) is 0 Å². The molecule has 0 aliphatic heterocycles. The van der Waals surface area contributed by atoms with Crippen molar-refractivity contribution in [3.05, 3.63) is 103 Å². The molecule has 3 rings (SSSR count). The maximum absolute atomic E-state index is 13.4. The van der Waals surface area contributed by atoms with Crippen LogP contribution in [0.4, 0.5) is 10.1 Å². The van der Waals surface area contributed by atoms with Crippen LogP contribution >= 0.6 is 23.2 Å². The van der Waals surface area contributed by atoms with E-state index in [4.69, 9.17) is 27.9 Å². The van der Waals surface area contributed by atoms with Crippen LogP contribution in [0.15, 0.2) is 60.7 Å². The second kappa shape index (κ2) is 9.40. The number of rotatable bonds is 6. The number of hydrogen-bond donors (Lipinski definition) is 0. The number of nitriles is 1. The third-order valence-electron chi connectivity index (χ3n) is 4.09. The topological polar surface area (TPSA) is 76.2 Å². The van der Waals surface area contributed by atoms with Crippen molar-refractivity contribution >= 4 is 40.5 Å². The predicted octanol–water partition coefficient (Wildman–Crippen LogP) is 6.68. The van der Waals surface area contributed by atoms with Gasteiger partial charge in [0.15, 0.2) is 5.75 Å². The van der Waals surface area contributed by atoms with Crippen LogP contribution in [-0.2, 0) is 6.61 Å². The molecule has 150 valence electrons. The predicted molar refractivity (Wildman–Crippen MR) is 114 cm³/mol. The Morgan fingerprint density at radius 2 is 1.83 bits per heavy atom. The number of halogens is 3. The monoisotopic (exact) mass is 442 g/mol. The second-order valence-electron chi connectivity index (χ2n) is 6.21. The number of benzene rings is 3. The second-order valence-corrected chi connectivity index (χ2v) is 7.02. The molecule has 0 aliphatic carbocycles. The molecular formula is C22H13Cl2FN2O3. The van der Waals surface area contributed by atoms with E-state index in [2.05, 4.69) is 0 Å². The first-order chi connectivity index (χ1) is 14.4. The van der Waals surface area contributed by atoms with E-state index in [-0.39, 0.29) is 33.7 Å². The average molecular weight is 443 g/mol. The van der Waals surface area contributed by atoms with Crippen molar-refractivity contribution in [1.29, 1.82) is 5.26 Å². The summed E-state index contributed by atoms with van der Waals surface area (Å²) in [5.41, 5.74) is 1.74. The Balaban J connectivity index is 1.84. The van der Waals surface area contributed by atoms with E-state index in [0.717, 1.165) is 0 Å². The van der Waals surface area contributed by atoms with Gasteiger partial charge in [-0.15, -0.1) is 0 Å². The number of nitro groups is 1. The van der Waals surface area contributed by atoms with Gasteiger partial charge in [0.2, 0.25) is 0 Å². The first-order valence-corrected chi connectivity index (χ1v) is 9.36. The molecule has 0 spiro atoms. The summed E-state index contributed by atoms with van der Waals surface area (Å²) in [7, 11) is 0. The molecule has 0 N–H and O–H groups in total. The van der Waals surface area contributed by atoms with E-state index in [1.165, 1.54) is 36.4 Å². The Labute approximate surface area is 181 Å². The van der Waals surface area contributed by atoms with Crippen LogP contribution in [0.25, 0.3) is 11.6 Å². The summed E-state index contributed by atoms with van der Waals surface area (Å²) in [6.07, 6.45) is 1.54. The fourth-order valence-corrected chi connectivity index (χ4v) is 3.33. The number of allylic oxidation sites excluding steroid dienone is 1. The van der Waals surface area contributed by atoms with Gasteiger partial charge >= 0.3 is 0 Å². The van der Waals surface area contributed by atoms with Crippen LogP contribution in [0, 0.1) is 27.3 Å². The molecule has 8 heteroatoms. The highest BCUT2D eigenvalue weighted by molar-refractivity contribution is 6.37. The molecule has 0 aromatic heterocycles. The molecule has 0 bridgehead atoms. The summed E-state index contributed by atoms with van der Waals surface area (Å²) < 4.78 is 19.1. The average Bonchev–Trinajstić information content (AvgIpc) is 2.71. The van der Waals surface area contributed by atoms with Gasteiger partial charge in [-0.3, -0.25) is 10.1 Å². The van der Waals surface area contributed by atoms with Crippen LogP contribution in [0.3, 0.4) is 0 Å². The smallest absolute Gasteiger partial charge is 0.269 e. The molecule has 0 heterocycles. The number of hydrogen-bond acceptors (Lipinski definition) is 4. The molecule has 0 unspecified atom stereocenters. The highest BCUT2D eigenvalue weighted by Crippen LogP contribution is 2.36.